The van der Waals surface area contributed by atoms with Gasteiger partial charge < -0.3 is 25.2 Å². The van der Waals surface area contributed by atoms with Gasteiger partial charge >= 0.3 is 0 Å². The fourth-order valence-electron chi connectivity index (χ4n) is 4.04. The van der Waals surface area contributed by atoms with E-state index in [9.17, 15) is 20.4 Å². The van der Waals surface area contributed by atoms with Crippen molar-refractivity contribution in [3.05, 3.63) is 95.1 Å². The fraction of sp³-hybridized carbons (Fsp3) is 0.0714. The van der Waals surface area contributed by atoms with Crippen LogP contribution in [0.5, 0.6) is 34.5 Å². The minimum atomic E-state index is -0.214. The molecule has 4 aromatic rings. The number of hydrogen-bond acceptors (Lipinski definition) is 5. The van der Waals surface area contributed by atoms with Crippen molar-refractivity contribution in [3.63, 3.8) is 0 Å². The van der Waals surface area contributed by atoms with Crippen LogP contribution in [0.2, 0.25) is 0 Å². The molecule has 0 amide bonds. The van der Waals surface area contributed by atoms with Crippen LogP contribution in [-0.2, 0) is 12.8 Å². The van der Waals surface area contributed by atoms with Crippen molar-refractivity contribution >= 4 is 12.2 Å². The molecule has 1 aliphatic rings. The van der Waals surface area contributed by atoms with Gasteiger partial charge in [0.25, 0.3) is 0 Å². The Labute approximate surface area is 191 Å². The second-order valence-electron chi connectivity index (χ2n) is 8.05. The van der Waals surface area contributed by atoms with Crippen molar-refractivity contribution in [2.75, 3.05) is 0 Å². The summed E-state index contributed by atoms with van der Waals surface area (Å²) in [5.74, 6) is 0.775. The second-order valence-corrected chi connectivity index (χ2v) is 8.05. The molecule has 0 aromatic heterocycles. The quantitative estimate of drug-likeness (QED) is 0.244. The van der Waals surface area contributed by atoms with Gasteiger partial charge in [0.15, 0.2) is 11.5 Å². The van der Waals surface area contributed by atoms with Gasteiger partial charge in [-0.1, -0.05) is 36.4 Å². The Morgan fingerprint density at radius 1 is 0.606 bits per heavy atom. The highest BCUT2D eigenvalue weighted by molar-refractivity contribution is 5.80. The fourth-order valence-corrected chi connectivity index (χ4v) is 4.04. The predicted octanol–water partition coefficient (Wildman–Crippen LogP) is 6.24. The molecule has 0 saturated carbocycles. The van der Waals surface area contributed by atoms with Crippen LogP contribution in [0.25, 0.3) is 23.3 Å². The molecule has 1 heterocycles. The lowest BCUT2D eigenvalue weighted by Gasteiger charge is -2.15. The number of phenolic OH excluding ortho intramolecular Hbond substituents is 4. The van der Waals surface area contributed by atoms with Gasteiger partial charge in [0.05, 0.1) is 0 Å². The smallest absolute Gasteiger partial charge is 0.164 e. The van der Waals surface area contributed by atoms with E-state index in [0.717, 1.165) is 16.7 Å². The van der Waals surface area contributed by atoms with Crippen LogP contribution in [0.1, 0.15) is 22.3 Å². The summed E-state index contributed by atoms with van der Waals surface area (Å²) in [7, 11) is 0. The molecule has 0 saturated heterocycles. The maximum Gasteiger partial charge on any atom is 0.164 e. The van der Waals surface area contributed by atoms with Gasteiger partial charge in [0, 0.05) is 16.7 Å². The Balaban J connectivity index is 1.69. The Morgan fingerprint density at radius 2 is 1.30 bits per heavy atom. The minimum Gasteiger partial charge on any atom is -0.507 e. The second kappa shape index (κ2) is 8.28. The van der Waals surface area contributed by atoms with Crippen molar-refractivity contribution < 1.29 is 25.2 Å². The van der Waals surface area contributed by atoms with E-state index in [1.165, 1.54) is 6.07 Å². The van der Waals surface area contributed by atoms with Crippen molar-refractivity contribution in [2.24, 2.45) is 0 Å². The van der Waals surface area contributed by atoms with Gasteiger partial charge in [-0.05, 0) is 78.1 Å². The molecule has 0 atom stereocenters. The first-order valence-corrected chi connectivity index (χ1v) is 10.6. The molecule has 0 unspecified atom stereocenters. The summed E-state index contributed by atoms with van der Waals surface area (Å²) >= 11 is 0. The van der Waals surface area contributed by atoms with Crippen LogP contribution in [0.15, 0.2) is 72.8 Å². The van der Waals surface area contributed by atoms with Gasteiger partial charge in [0.2, 0.25) is 0 Å². The van der Waals surface area contributed by atoms with Crippen LogP contribution in [0.4, 0.5) is 0 Å². The molecule has 0 aliphatic carbocycles. The summed E-state index contributed by atoms with van der Waals surface area (Å²) in [5, 5.41) is 41.6. The van der Waals surface area contributed by atoms with E-state index in [4.69, 9.17) is 4.74 Å². The summed E-state index contributed by atoms with van der Waals surface area (Å²) < 4.78 is 6.09. The van der Waals surface area contributed by atoms with Crippen molar-refractivity contribution in [1.29, 1.82) is 0 Å². The highest BCUT2D eigenvalue weighted by Crippen LogP contribution is 2.40. The van der Waals surface area contributed by atoms with Gasteiger partial charge in [-0.15, -0.1) is 0 Å². The maximum absolute atomic E-state index is 10.5. The highest BCUT2D eigenvalue weighted by atomic mass is 16.5. The topological polar surface area (TPSA) is 90.2 Å². The third-order valence-corrected chi connectivity index (χ3v) is 5.81. The standard InChI is InChI=1S/C28H22O5/c29-24-10-7-18-5-4-17-2-1-3-20(14-17)33-27-13-12-26(31)28(32)21(27)9-6-19-8-11-25(30)23(16-19)22(24)15-18/h1-5,7-8,10-16,29-32H,6,9H2/b5-4-. The average molecular weight is 438 g/mol. The monoisotopic (exact) mass is 438 g/mol. The zero-order chi connectivity index (χ0) is 22.9. The summed E-state index contributed by atoms with van der Waals surface area (Å²) in [4.78, 5) is 0. The van der Waals surface area contributed by atoms with Crippen molar-refractivity contribution in [2.45, 2.75) is 12.8 Å². The predicted molar refractivity (Wildman–Crippen MR) is 128 cm³/mol. The Hall–Kier alpha value is -4.38. The van der Waals surface area contributed by atoms with E-state index in [1.807, 2.05) is 54.6 Å². The third kappa shape index (κ3) is 4.08. The number of aromatic hydroxyl groups is 4. The number of fused-ring (bicyclic) bond motifs is 8. The van der Waals surface area contributed by atoms with Crippen LogP contribution in [-0.4, -0.2) is 20.4 Å². The number of aryl methyl sites for hydroxylation is 1. The number of hydrogen-bond donors (Lipinski definition) is 4. The molecular weight excluding hydrogens is 416 g/mol. The number of phenols is 4. The van der Waals surface area contributed by atoms with E-state index >= 15 is 0 Å². The van der Waals surface area contributed by atoms with Gasteiger partial charge in [-0.3, -0.25) is 0 Å². The van der Waals surface area contributed by atoms with E-state index in [2.05, 4.69) is 0 Å². The SMILES string of the molecule is Oc1ccc2cc1-c1cc(ccc1O)CCc1c(ccc(O)c1O)Oc1cccc(c1)/C=C\2. The van der Waals surface area contributed by atoms with Crippen LogP contribution >= 0.6 is 0 Å². The van der Waals surface area contributed by atoms with Gasteiger partial charge in [0.1, 0.15) is 23.0 Å². The minimum absolute atomic E-state index is 0.0632. The molecule has 6 bridgehead atoms. The first kappa shape index (κ1) is 20.5. The van der Waals surface area contributed by atoms with E-state index in [0.29, 0.717) is 41.0 Å². The molecule has 4 N–H and O–H groups in total. The number of benzene rings is 4. The lowest BCUT2D eigenvalue weighted by Crippen LogP contribution is -1.97. The summed E-state index contributed by atoms with van der Waals surface area (Å²) in [6.45, 7) is 0. The van der Waals surface area contributed by atoms with Crippen LogP contribution in [0.3, 0.4) is 0 Å². The van der Waals surface area contributed by atoms with Crippen molar-refractivity contribution in [3.8, 4) is 45.6 Å². The zero-order valence-corrected chi connectivity index (χ0v) is 17.7. The van der Waals surface area contributed by atoms with Crippen molar-refractivity contribution in [1.82, 2.24) is 0 Å². The lowest BCUT2D eigenvalue weighted by molar-refractivity contribution is 0.391. The average Bonchev–Trinajstić information content (AvgIpc) is 2.81. The zero-order valence-electron chi connectivity index (χ0n) is 17.7. The number of rotatable bonds is 0. The molecule has 1 aliphatic heterocycles. The molecular formula is C28H22O5. The number of ether oxygens (including phenoxy) is 1. The summed E-state index contributed by atoms with van der Waals surface area (Å²) in [5.41, 5.74) is 4.21. The molecule has 5 nitrogen and oxygen atoms in total. The third-order valence-electron chi connectivity index (χ3n) is 5.81. The molecule has 33 heavy (non-hydrogen) atoms. The molecule has 5 heteroatoms. The summed E-state index contributed by atoms with van der Waals surface area (Å²) in [6, 6.07) is 21.1. The van der Waals surface area contributed by atoms with Gasteiger partial charge in [-0.25, -0.2) is 0 Å². The Bertz CT molecular complexity index is 1390. The maximum atomic E-state index is 10.5. The normalized spacial score (nSPS) is 13.6. The molecule has 5 rings (SSSR count). The lowest BCUT2D eigenvalue weighted by atomic mass is 9.96. The van der Waals surface area contributed by atoms with Crippen LogP contribution in [0, 0.1) is 0 Å². The van der Waals surface area contributed by atoms with Gasteiger partial charge in [-0.2, -0.15) is 0 Å². The van der Waals surface area contributed by atoms with E-state index in [-0.39, 0.29) is 23.0 Å². The molecule has 4 aromatic carbocycles. The highest BCUT2D eigenvalue weighted by Gasteiger charge is 2.16. The largest absolute Gasteiger partial charge is 0.507 e. The molecule has 164 valence electrons. The first-order chi connectivity index (χ1) is 16.0. The Kier molecular flexibility index (Phi) is 5.15. The summed E-state index contributed by atoms with van der Waals surface area (Å²) in [6.07, 6.45) is 4.76. The molecule has 0 radical (unpaired) electrons. The first-order valence-electron chi connectivity index (χ1n) is 10.6. The van der Waals surface area contributed by atoms with E-state index < -0.39 is 0 Å². The van der Waals surface area contributed by atoms with Crippen LogP contribution < -0.4 is 4.74 Å². The Morgan fingerprint density at radius 3 is 2.12 bits per heavy atom. The molecule has 0 spiro atoms. The molecule has 0 fully saturated rings. The van der Waals surface area contributed by atoms with E-state index in [1.54, 1.807) is 24.3 Å².